The summed E-state index contributed by atoms with van der Waals surface area (Å²) >= 11 is 6.57. The maximum atomic E-state index is 12.2. The van der Waals surface area contributed by atoms with Gasteiger partial charge in [-0.05, 0) is 44.7 Å². The van der Waals surface area contributed by atoms with Crippen LogP contribution in [0.3, 0.4) is 0 Å². The molecule has 32 heavy (non-hydrogen) atoms. The van der Waals surface area contributed by atoms with Gasteiger partial charge < -0.3 is 5.11 Å². The van der Waals surface area contributed by atoms with Gasteiger partial charge in [-0.3, -0.25) is 4.90 Å². The SMILES string of the molecule is CC(C)n1ncc2cc(C=C3CN(C)Cc4c3nc3ccccc3c4C(=O)O)c(Cl)nc21. The van der Waals surface area contributed by atoms with Crippen molar-refractivity contribution in [3.63, 3.8) is 0 Å². The van der Waals surface area contributed by atoms with Crippen LogP contribution in [0.5, 0.6) is 0 Å². The zero-order chi connectivity index (χ0) is 22.6. The average Bonchev–Trinajstić information content (AvgIpc) is 3.15. The highest BCUT2D eigenvalue weighted by Crippen LogP contribution is 2.34. The molecule has 0 spiro atoms. The van der Waals surface area contributed by atoms with E-state index in [0.717, 1.165) is 22.2 Å². The number of aromatic nitrogens is 4. The molecule has 1 N–H and O–H groups in total. The smallest absolute Gasteiger partial charge is 0.336 e. The number of fused-ring (bicyclic) bond motifs is 3. The van der Waals surface area contributed by atoms with Crippen LogP contribution in [0.25, 0.3) is 33.6 Å². The van der Waals surface area contributed by atoms with E-state index >= 15 is 0 Å². The Hall–Kier alpha value is -3.29. The second kappa shape index (κ2) is 7.69. The minimum absolute atomic E-state index is 0.172. The van der Waals surface area contributed by atoms with Gasteiger partial charge in [0.25, 0.3) is 0 Å². The Morgan fingerprint density at radius 2 is 2.00 bits per heavy atom. The lowest BCUT2D eigenvalue weighted by Crippen LogP contribution is -2.28. The molecule has 1 aliphatic heterocycles. The third kappa shape index (κ3) is 3.34. The van der Waals surface area contributed by atoms with Crippen LogP contribution in [0.2, 0.25) is 5.15 Å². The van der Waals surface area contributed by atoms with E-state index in [-0.39, 0.29) is 6.04 Å². The number of nitrogens with zero attached hydrogens (tertiary/aromatic N) is 5. The maximum absolute atomic E-state index is 12.2. The molecule has 5 rings (SSSR count). The highest BCUT2D eigenvalue weighted by atomic mass is 35.5. The molecule has 0 aliphatic carbocycles. The molecule has 3 aromatic heterocycles. The second-order valence-electron chi connectivity index (χ2n) is 8.44. The molecular formula is C24H22ClN5O2. The van der Waals surface area contributed by atoms with Crippen LogP contribution < -0.4 is 0 Å². The molecule has 0 radical (unpaired) electrons. The Bertz CT molecular complexity index is 1420. The predicted molar refractivity (Wildman–Crippen MR) is 126 cm³/mol. The van der Waals surface area contributed by atoms with Crippen molar-refractivity contribution < 1.29 is 9.90 Å². The Morgan fingerprint density at radius 1 is 1.22 bits per heavy atom. The van der Waals surface area contributed by atoms with Crippen molar-refractivity contribution in [2.75, 3.05) is 13.6 Å². The summed E-state index contributed by atoms with van der Waals surface area (Å²) in [6.45, 7) is 5.22. The van der Waals surface area contributed by atoms with Gasteiger partial charge in [0, 0.05) is 41.0 Å². The van der Waals surface area contributed by atoms with E-state index in [1.54, 1.807) is 6.20 Å². The number of aromatic carboxylic acids is 1. The topological polar surface area (TPSA) is 84.1 Å². The molecular weight excluding hydrogens is 426 g/mol. The number of carbonyl (C=O) groups is 1. The monoisotopic (exact) mass is 447 g/mol. The number of hydrogen-bond donors (Lipinski definition) is 1. The zero-order valence-electron chi connectivity index (χ0n) is 18.0. The standard InChI is InChI=1S/C24H22ClN5O2/c1-13(2)30-23-15(10-26-30)8-14(22(25)28-23)9-16-11-29(3)12-18-20(24(31)32)17-6-4-5-7-19(17)27-21(16)18/h4-10,13H,11-12H2,1-3H3,(H,31,32). The van der Waals surface area contributed by atoms with Crippen molar-refractivity contribution in [3.8, 4) is 0 Å². The molecule has 4 heterocycles. The molecule has 0 amide bonds. The Morgan fingerprint density at radius 3 is 2.75 bits per heavy atom. The van der Waals surface area contributed by atoms with E-state index in [0.29, 0.717) is 46.0 Å². The first-order chi connectivity index (χ1) is 15.3. The van der Waals surface area contributed by atoms with Crippen LogP contribution >= 0.6 is 11.6 Å². The first-order valence-corrected chi connectivity index (χ1v) is 10.8. The summed E-state index contributed by atoms with van der Waals surface area (Å²) in [5.74, 6) is -0.947. The molecule has 7 nitrogen and oxygen atoms in total. The lowest BCUT2D eigenvalue weighted by atomic mass is 9.92. The van der Waals surface area contributed by atoms with Gasteiger partial charge in [0.05, 0.1) is 23.0 Å². The summed E-state index contributed by atoms with van der Waals surface area (Å²) in [6, 6.07) is 9.50. The second-order valence-corrected chi connectivity index (χ2v) is 8.80. The summed E-state index contributed by atoms with van der Waals surface area (Å²) in [5, 5.41) is 16.4. The Balaban J connectivity index is 1.73. The quantitative estimate of drug-likeness (QED) is 0.450. The third-order valence-corrected chi connectivity index (χ3v) is 6.05. The van der Waals surface area contributed by atoms with Gasteiger partial charge in [-0.25, -0.2) is 19.4 Å². The number of carboxylic acids is 1. The van der Waals surface area contributed by atoms with E-state index in [4.69, 9.17) is 16.6 Å². The van der Waals surface area contributed by atoms with Gasteiger partial charge in [-0.2, -0.15) is 5.10 Å². The van der Waals surface area contributed by atoms with Crippen molar-refractivity contribution >= 4 is 51.2 Å². The van der Waals surface area contributed by atoms with E-state index in [1.165, 1.54) is 0 Å². The Kier molecular flexibility index (Phi) is 4.95. The van der Waals surface area contributed by atoms with Gasteiger partial charge >= 0.3 is 5.97 Å². The summed E-state index contributed by atoms with van der Waals surface area (Å²) in [4.78, 5) is 23.7. The number of benzene rings is 1. The summed E-state index contributed by atoms with van der Waals surface area (Å²) in [6.07, 6.45) is 3.75. The van der Waals surface area contributed by atoms with E-state index < -0.39 is 5.97 Å². The summed E-state index contributed by atoms with van der Waals surface area (Å²) < 4.78 is 1.84. The molecule has 8 heteroatoms. The first-order valence-electron chi connectivity index (χ1n) is 10.4. The minimum Gasteiger partial charge on any atom is -0.478 e. The van der Waals surface area contributed by atoms with Gasteiger partial charge in [0.1, 0.15) is 5.15 Å². The molecule has 0 saturated carbocycles. The Labute approximate surface area is 190 Å². The number of carboxylic acid groups (broad SMARTS) is 1. The van der Waals surface area contributed by atoms with Crippen LogP contribution in [0.15, 0.2) is 36.5 Å². The van der Waals surface area contributed by atoms with Crippen molar-refractivity contribution in [1.29, 1.82) is 0 Å². The maximum Gasteiger partial charge on any atom is 0.336 e. The summed E-state index contributed by atoms with van der Waals surface area (Å²) in [7, 11) is 1.97. The largest absolute Gasteiger partial charge is 0.478 e. The number of rotatable bonds is 3. The zero-order valence-corrected chi connectivity index (χ0v) is 18.8. The molecule has 0 atom stereocenters. The van der Waals surface area contributed by atoms with Crippen LogP contribution in [-0.4, -0.2) is 49.3 Å². The minimum atomic E-state index is -0.947. The molecule has 1 aliphatic rings. The van der Waals surface area contributed by atoms with Crippen molar-refractivity contribution in [3.05, 3.63) is 64.1 Å². The molecule has 0 unspecified atom stereocenters. The van der Waals surface area contributed by atoms with Crippen molar-refractivity contribution in [2.24, 2.45) is 0 Å². The van der Waals surface area contributed by atoms with Gasteiger partial charge in [0.15, 0.2) is 5.65 Å². The highest BCUT2D eigenvalue weighted by molar-refractivity contribution is 6.31. The number of para-hydroxylation sites is 1. The van der Waals surface area contributed by atoms with Gasteiger partial charge in [-0.1, -0.05) is 29.8 Å². The fraction of sp³-hybridized carbons (Fsp3) is 0.250. The van der Waals surface area contributed by atoms with Crippen molar-refractivity contribution in [2.45, 2.75) is 26.4 Å². The molecule has 162 valence electrons. The average molecular weight is 448 g/mol. The fourth-order valence-electron chi connectivity index (χ4n) is 4.36. The molecule has 1 aromatic carbocycles. The first kappa shape index (κ1) is 20.6. The van der Waals surface area contributed by atoms with Gasteiger partial charge in [0.2, 0.25) is 0 Å². The van der Waals surface area contributed by atoms with Crippen molar-refractivity contribution in [1.82, 2.24) is 24.6 Å². The number of likely N-dealkylation sites (N-methyl/N-ethyl adjacent to an activating group) is 1. The van der Waals surface area contributed by atoms with E-state index in [2.05, 4.69) is 15.0 Å². The van der Waals surface area contributed by atoms with Crippen LogP contribution in [0.1, 0.15) is 47.1 Å². The van der Waals surface area contributed by atoms with E-state index in [1.807, 2.05) is 62.0 Å². The molecule has 0 fully saturated rings. The highest BCUT2D eigenvalue weighted by Gasteiger charge is 2.27. The van der Waals surface area contributed by atoms with Crippen LogP contribution in [0, 0.1) is 0 Å². The normalized spacial score (nSPS) is 15.7. The van der Waals surface area contributed by atoms with Crippen LogP contribution in [-0.2, 0) is 6.54 Å². The summed E-state index contributed by atoms with van der Waals surface area (Å²) in [5.41, 5.74) is 4.79. The number of pyridine rings is 2. The lowest BCUT2D eigenvalue weighted by molar-refractivity contribution is 0.0696. The third-order valence-electron chi connectivity index (χ3n) is 5.75. The molecule has 0 bridgehead atoms. The fourth-order valence-corrected chi connectivity index (χ4v) is 4.55. The number of halogens is 1. The van der Waals surface area contributed by atoms with E-state index in [9.17, 15) is 9.90 Å². The molecule has 4 aromatic rings. The molecule has 0 saturated heterocycles. The number of hydrogen-bond acceptors (Lipinski definition) is 5. The predicted octanol–water partition coefficient (Wildman–Crippen LogP) is 4.90. The lowest BCUT2D eigenvalue weighted by Gasteiger charge is -2.28. The van der Waals surface area contributed by atoms with Gasteiger partial charge in [-0.15, -0.1) is 0 Å². The van der Waals surface area contributed by atoms with Crippen LogP contribution in [0.4, 0.5) is 0 Å².